The molecule has 0 heterocycles. The molecule has 1 aliphatic carbocycles. The zero-order valence-electron chi connectivity index (χ0n) is 11.8. The van der Waals surface area contributed by atoms with Gasteiger partial charge in [0.05, 0.1) is 0 Å². The maximum absolute atomic E-state index is 11.9. The van der Waals surface area contributed by atoms with Gasteiger partial charge in [-0.2, -0.15) is 0 Å². The van der Waals surface area contributed by atoms with E-state index < -0.39 is 33.7 Å². The number of sulfonamides is 1. The topological polar surface area (TPSA) is 104 Å². The molecule has 1 saturated carbocycles. The highest BCUT2D eigenvalue weighted by Crippen LogP contribution is 2.33. The van der Waals surface area contributed by atoms with Gasteiger partial charge in [0, 0.05) is 13.1 Å². The average molecular weight is 306 g/mol. The van der Waals surface area contributed by atoms with Crippen LogP contribution in [0.1, 0.15) is 33.1 Å². The number of carboxylic acid groups (broad SMARTS) is 1. The first-order valence-electron chi connectivity index (χ1n) is 6.80. The molecular formula is C12H22N2O5S. The number of aliphatic carboxylic acids is 1. The van der Waals surface area contributed by atoms with Crippen molar-refractivity contribution in [2.24, 2.45) is 5.92 Å². The minimum absolute atomic E-state index is 0.288. The summed E-state index contributed by atoms with van der Waals surface area (Å²) in [5.74, 6) is -2.26. The quantitative estimate of drug-likeness (QED) is 0.625. The Morgan fingerprint density at radius 1 is 1.30 bits per heavy atom. The van der Waals surface area contributed by atoms with E-state index in [0.717, 1.165) is 12.8 Å². The van der Waals surface area contributed by atoms with E-state index in [2.05, 4.69) is 5.32 Å². The van der Waals surface area contributed by atoms with Gasteiger partial charge in [-0.15, -0.1) is 0 Å². The van der Waals surface area contributed by atoms with E-state index in [1.807, 2.05) is 0 Å². The smallest absolute Gasteiger partial charge is 0.326 e. The third-order valence-corrected chi connectivity index (χ3v) is 5.24. The lowest BCUT2D eigenvalue weighted by molar-refractivity contribution is -0.141. The number of hydrogen-bond donors (Lipinski definition) is 2. The number of nitrogens with one attached hydrogen (secondary N) is 1. The molecule has 1 fully saturated rings. The SMILES string of the molecule is CCN(CC)S(=O)(=O)CC(=O)NC(CC1CC1)C(=O)O. The van der Waals surface area contributed by atoms with Crippen LogP contribution in [0.25, 0.3) is 0 Å². The first kappa shape index (κ1) is 16.9. The molecule has 0 radical (unpaired) electrons. The van der Waals surface area contributed by atoms with Gasteiger partial charge in [0.25, 0.3) is 0 Å². The van der Waals surface area contributed by atoms with Crippen molar-refractivity contribution in [2.45, 2.75) is 39.2 Å². The molecule has 0 aromatic rings. The van der Waals surface area contributed by atoms with Crippen LogP contribution in [-0.2, 0) is 19.6 Å². The van der Waals surface area contributed by atoms with E-state index in [0.29, 0.717) is 12.3 Å². The average Bonchev–Trinajstić information content (AvgIpc) is 3.12. The Balaban J connectivity index is 2.58. The molecule has 116 valence electrons. The van der Waals surface area contributed by atoms with E-state index in [9.17, 15) is 18.0 Å². The van der Waals surface area contributed by atoms with Crippen molar-refractivity contribution in [3.8, 4) is 0 Å². The van der Waals surface area contributed by atoms with Crippen LogP contribution >= 0.6 is 0 Å². The number of rotatable bonds is 9. The Kier molecular flexibility index (Phi) is 5.94. The minimum Gasteiger partial charge on any atom is -0.480 e. The molecule has 0 saturated heterocycles. The van der Waals surface area contributed by atoms with Crippen LogP contribution in [0.3, 0.4) is 0 Å². The summed E-state index contributed by atoms with van der Waals surface area (Å²) in [6, 6.07) is -0.998. The van der Waals surface area contributed by atoms with E-state index in [1.165, 1.54) is 4.31 Å². The minimum atomic E-state index is -3.68. The fourth-order valence-corrected chi connectivity index (χ4v) is 3.40. The molecule has 0 aliphatic heterocycles. The largest absolute Gasteiger partial charge is 0.480 e. The Bertz CT molecular complexity index is 454. The van der Waals surface area contributed by atoms with Gasteiger partial charge in [-0.05, 0) is 12.3 Å². The summed E-state index contributed by atoms with van der Waals surface area (Å²) in [6.45, 7) is 3.95. The molecule has 1 unspecified atom stereocenters. The molecule has 8 heteroatoms. The summed E-state index contributed by atoms with van der Waals surface area (Å²) in [7, 11) is -3.68. The normalized spacial score (nSPS) is 16.9. The highest BCUT2D eigenvalue weighted by atomic mass is 32.2. The second-order valence-electron chi connectivity index (χ2n) is 4.98. The summed E-state index contributed by atoms with van der Waals surface area (Å²) in [5.41, 5.74) is 0. The number of carbonyl (C=O) groups is 2. The van der Waals surface area contributed by atoms with E-state index in [4.69, 9.17) is 5.11 Å². The van der Waals surface area contributed by atoms with Crippen LogP contribution in [-0.4, -0.2) is 54.6 Å². The predicted molar refractivity (Wildman–Crippen MR) is 73.6 cm³/mol. The van der Waals surface area contributed by atoms with Gasteiger partial charge in [-0.25, -0.2) is 17.5 Å². The van der Waals surface area contributed by atoms with Crippen LogP contribution in [0.2, 0.25) is 0 Å². The third-order valence-electron chi connectivity index (χ3n) is 3.31. The lowest BCUT2D eigenvalue weighted by atomic mass is 10.1. The van der Waals surface area contributed by atoms with Gasteiger partial charge in [0.2, 0.25) is 15.9 Å². The summed E-state index contributed by atoms with van der Waals surface area (Å²) in [5, 5.41) is 11.3. The lowest BCUT2D eigenvalue weighted by Gasteiger charge is -2.19. The number of nitrogens with zero attached hydrogens (tertiary/aromatic N) is 1. The van der Waals surface area contributed by atoms with Gasteiger partial charge in [0.1, 0.15) is 11.8 Å². The number of carbonyl (C=O) groups excluding carboxylic acids is 1. The van der Waals surface area contributed by atoms with Crippen LogP contribution < -0.4 is 5.32 Å². The number of amides is 1. The van der Waals surface area contributed by atoms with Crippen LogP contribution in [0.15, 0.2) is 0 Å². The van der Waals surface area contributed by atoms with Crippen LogP contribution in [0.5, 0.6) is 0 Å². The number of hydrogen-bond acceptors (Lipinski definition) is 4. The van der Waals surface area contributed by atoms with Crippen molar-refractivity contribution in [3.05, 3.63) is 0 Å². The summed E-state index contributed by atoms with van der Waals surface area (Å²) in [4.78, 5) is 22.8. The molecule has 0 aromatic carbocycles. The monoisotopic (exact) mass is 306 g/mol. The fourth-order valence-electron chi connectivity index (χ4n) is 2.02. The molecule has 1 rings (SSSR count). The van der Waals surface area contributed by atoms with Gasteiger partial charge in [-0.3, -0.25) is 4.79 Å². The highest BCUT2D eigenvalue weighted by Gasteiger charge is 2.31. The van der Waals surface area contributed by atoms with Crippen molar-refractivity contribution in [3.63, 3.8) is 0 Å². The van der Waals surface area contributed by atoms with Gasteiger partial charge in [0.15, 0.2) is 0 Å². The fraction of sp³-hybridized carbons (Fsp3) is 0.833. The molecule has 20 heavy (non-hydrogen) atoms. The molecule has 0 aromatic heterocycles. The standard InChI is InChI=1S/C12H22N2O5S/c1-3-14(4-2)20(18,19)8-11(15)13-10(12(16)17)7-9-5-6-9/h9-10H,3-8H2,1-2H3,(H,13,15)(H,16,17). The van der Waals surface area contributed by atoms with Crippen molar-refractivity contribution < 1.29 is 23.1 Å². The van der Waals surface area contributed by atoms with Crippen molar-refractivity contribution in [2.75, 3.05) is 18.8 Å². The van der Waals surface area contributed by atoms with Crippen LogP contribution in [0.4, 0.5) is 0 Å². The lowest BCUT2D eigenvalue weighted by Crippen LogP contribution is -2.46. The van der Waals surface area contributed by atoms with Gasteiger partial charge >= 0.3 is 5.97 Å². The number of carboxylic acids is 1. The Hall–Kier alpha value is -1.15. The van der Waals surface area contributed by atoms with Crippen molar-refractivity contribution in [1.82, 2.24) is 9.62 Å². The molecule has 1 amide bonds. The molecule has 1 aliphatic rings. The zero-order chi connectivity index (χ0) is 15.3. The summed E-state index contributed by atoms with van der Waals surface area (Å²) >= 11 is 0. The second kappa shape index (κ2) is 7.03. The molecule has 2 N–H and O–H groups in total. The molecule has 0 spiro atoms. The molecule has 0 bridgehead atoms. The Morgan fingerprint density at radius 2 is 1.85 bits per heavy atom. The van der Waals surface area contributed by atoms with Gasteiger partial charge < -0.3 is 10.4 Å². The predicted octanol–water partition coefficient (Wildman–Crippen LogP) is 0.0275. The maximum atomic E-state index is 11.9. The van der Waals surface area contributed by atoms with Gasteiger partial charge in [-0.1, -0.05) is 26.7 Å². The molecular weight excluding hydrogens is 284 g/mol. The maximum Gasteiger partial charge on any atom is 0.326 e. The Labute approximate surface area is 119 Å². The highest BCUT2D eigenvalue weighted by molar-refractivity contribution is 7.89. The molecule has 7 nitrogen and oxygen atoms in total. The molecule has 1 atom stereocenters. The van der Waals surface area contributed by atoms with E-state index in [-0.39, 0.29) is 13.1 Å². The summed E-state index contributed by atoms with van der Waals surface area (Å²) in [6.07, 6.45) is 2.31. The first-order chi connectivity index (χ1) is 9.30. The third kappa shape index (κ3) is 5.09. The first-order valence-corrected chi connectivity index (χ1v) is 8.41. The van der Waals surface area contributed by atoms with Crippen molar-refractivity contribution in [1.29, 1.82) is 0 Å². The van der Waals surface area contributed by atoms with E-state index in [1.54, 1.807) is 13.8 Å². The second-order valence-corrected chi connectivity index (χ2v) is 6.95. The van der Waals surface area contributed by atoms with Crippen LogP contribution in [0, 0.1) is 5.92 Å². The zero-order valence-corrected chi connectivity index (χ0v) is 12.6. The van der Waals surface area contributed by atoms with E-state index >= 15 is 0 Å². The Morgan fingerprint density at radius 3 is 2.25 bits per heavy atom. The van der Waals surface area contributed by atoms with Crippen molar-refractivity contribution >= 4 is 21.9 Å². The summed E-state index contributed by atoms with van der Waals surface area (Å²) < 4.78 is 25.0.